The van der Waals surface area contributed by atoms with E-state index in [9.17, 15) is 9.90 Å². The van der Waals surface area contributed by atoms with Crippen LogP contribution in [0, 0.1) is 0 Å². The number of nitrogens with one attached hydrogen (secondary N) is 1. The van der Waals surface area contributed by atoms with Gasteiger partial charge in [-0.15, -0.1) is 0 Å². The fraction of sp³-hybridized carbons (Fsp3) is 0.562. The first kappa shape index (κ1) is 15.9. The van der Waals surface area contributed by atoms with E-state index in [-0.39, 0.29) is 5.91 Å². The van der Waals surface area contributed by atoms with Crippen molar-refractivity contribution in [2.24, 2.45) is 0 Å². The second-order valence-electron chi connectivity index (χ2n) is 5.57. The monoisotopic (exact) mass is 291 g/mol. The molecule has 116 valence electrons. The van der Waals surface area contributed by atoms with Gasteiger partial charge in [0.15, 0.2) is 0 Å². The van der Waals surface area contributed by atoms with E-state index in [2.05, 4.69) is 22.0 Å². The minimum Gasteiger partial charge on any atom is -0.384 e. The number of rotatable bonds is 5. The van der Waals surface area contributed by atoms with Crippen LogP contribution in [0.1, 0.15) is 19.4 Å². The van der Waals surface area contributed by atoms with Gasteiger partial charge in [-0.05, 0) is 31.2 Å². The Bertz CT molecular complexity index is 451. The minimum absolute atomic E-state index is 0.376. The van der Waals surface area contributed by atoms with Crippen molar-refractivity contribution in [1.29, 1.82) is 0 Å². The van der Waals surface area contributed by atoms with Crippen LogP contribution in [0.15, 0.2) is 24.3 Å². The highest BCUT2D eigenvalue weighted by atomic mass is 16.3. The molecule has 1 amide bonds. The predicted octanol–water partition coefficient (Wildman–Crippen LogP) is 1.14. The normalized spacial score (nSPS) is 18.4. The Labute approximate surface area is 126 Å². The number of hydrogen-bond donors (Lipinski definition) is 2. The lowest BCUT2D eigenvalue weighted by atomic mass is 10.1. The summed E-state index contributed by atoms with van der Waals surface area (Å²) in [5, 5.41) is 11.8. The summed E-state index contributed by atoms with van der Waals surface area (Å²) in [5.74, 6) is -0.376. The molecule has 2 rings (SSSR count). The van der Waals surface area contributed by atoms with Crippen LogP contribution in [0.2, 0.25) is 0 Å². The van der Waals surface area contributed by atoms with Gasteiger partial charge in [-0.2, -0.15) is 0 Å². The van der Waals surface area contributed by atoms with Gasteiger partial charge >= 0.3 is 0 Å². The number of carbonyl (C=O) groups excluding carboxylic acids is 1. The number of amides is 1. The van der Waals surface area contributed by atoms with Crippen LogP contribution in [0.5, 0.6) is 0 Å². The maximum Gasteiger partial charge on any atom is 0.252 e. The number of aliphatic hydroxyl groups is 1. The standard InChI is InChI=1S/C16H25N3O2/c1-3-18-8-10-19(11-9-18)12-14-4-6-15(7-5-14)17-16(21)13(2)20/h4-7,13,20H,3,8-12H2,1-2H3,(H,17,21). The van der Waals surface area contributed by atoms with Crippen molar-refractivity contribution in [2.75, 3.05) is 38.0 Å². The maximum atomic E-state index is 11.4. The molecular weight excluding hydrogens is 266 g/mol. The molecule has 2 N–H and O–H groups in total. The van der Waals surface area contributed by atoms with Crippen LogP contribution in [0.3, 0.4) is 0 Å². The molecule has 5 heteroatoms. The van der Waals surface area contributed by atoms with Crippen LogP contribution >= 0.6 is 0 Å². The zero-order chi connectivity index (χ0) is 15.2. The summed E-state index contributed by atoms with van der Waals surface area (Å²) in [4.78, 5) is 16.3. The van der Waals surface area contributed by atoms with Gasteiger partial charge in [-0.3, -0.25) is 9.69 Å². The van der Waals surface area contributed by atoms with Gasteiger partial charge in [-0.1, -0.05) is 19.1 Å². The third-order valence-corrected chi connectivity index (χ3v) is 3.92. The Morgan fingerprint density at radius 2 is 1.76 bits per heavy atom. The van der Waals surface area contributed by atoms with Gasteiger partial charge in [0.25, 0.3) is 5.91 Å². The molecular formula is C16H25N3O2. The summed E-state index contributed by atoms with van der Waals surface area (Å²) in [6.07, 6.45) is -0.987. The number of nitrogens with zero attached hydrogens (tertiary/aromatic N) is 2. The van der Waals surface area contributed by atoms with Crippen LogP contribution in [-0.4, -0.2) is 59.6 Å². The van der Waals surface area contributed by atoms with Crippen LogP contribution < -0.4 is 5.32 Å². The Hall–Kier alpha value is -1.43. The van der Waals surface area contributed by atoms with E-state index >= 15 is 0 Å². The average molecular weight is 291 g/mol. The van der Waals surface area contributed by atoms with Crippen molar-refractivity contribution in [3.05, 3.63) is 29.8 Å². The van der Waals surface area contributed by atoms with E-state index in [0.29, 0.717) is 0 Å². The summed E-state index contributed by atoms with van der Waals surface area (Å²) in [5.41, 5.74) is 1.97. The predicted molar refractivity (Wildman–Crippen MR) is 84.1 cm³/mol. The van der Waals surface area contributed by atoms with Crippen molar-refractivity contribution in [2.45, 2.75) is 26.5 Å². The molecule has 0 aromatic heterocycles. The van der Waals surface area contributed by atoms with E-state index in [1.54, 1.807) is 0 Å². The largest absolute Gasteiger partial charge is 0.384 e. The zero-order valence-corrected chi connectivity index (χ0v) is 12.9. The minimum atomic E-state index is -0.987. The van der Waals surface area contributed by atoms with Crippen LogP contribution in [0.4, 0.5) is 5.69 Å². The highest BCUT2D eigenvalue weighted by molar-refractivity contribution is 5.93. The zero-order valence-electron chi connectivity index (χ0n) is 12.9. The van der Waals surface area contributed by atoms with E-state index < -0.39 is 6.10 Å². The molecule has 5 nitrogen and oxygen atoms in total. The summed E-state index contributed by atoms with van der Waals surface area (Å²) >= 11 is 0. The Morgan fingerprint density at radius 1 is 1.19 bits per heavy atom. The lowest BCUT2D eigenvalue weighted by Crippen LogP contribution is -2.45. The van der Waals surface area contributed by atoms with Gasteiger partial charge < -0.3 is 15.3 Å². The SMILES string of the molecule is CCN1CCN(Cc2ccc(NC(=O)C(C)O)cc2)CC1. The Morgan fingerprint density at radius 3 is 2.29 bits per heavy atom. The third-order valence-electron chi connectivity index (χ3n) is 3.92. The molecule has 1 aliphatic heterocycles. The average Bonchev–Trinajstić information content (AvgIpc) is 2.50. The molecule has 1 aromatic carbocycles. The lowest BCUT2D eigenvalue weighted by molar-refractivity contribution is -0.123. The van der Waals surface area contributed by atoms with Gasteiger partial charge in [-0.25, -0.2) is 0 Å². The molecule has 0 spiro atoms. The Kier molecular flexibility index (Phi) is 5.73. The van der Waals surface area contributed by atoms with Crippen LogP contribution in [0.25, 0.3) is 0 Å². The smallest absolute Gasteiger partial charge is 0.252 e. The molecule has 0 radical (unpaired) electrons. The summed E-state index contributed by atoms with van der Waals surface area (Å²) in [6.45, 7) is 10.2. The first-order chi connectivity index (χ1) is 10.1. The third kappa shape index (κ3) is 4.81. The summed E-state index contributed by atoms with van der Waals surface area (Å²) in [6, 6.07) is 7.84. The van der Waals surface area contributed by atoms with Crippen molar-refractivity contribution >= 4 is 11.6 Å². The fourth-order valence-electron chi connectivity index (χ4n) is 2.46. The fourth-order valence-corrected chi connectivity index (χ4v) is 2.46. The second kappa shape index (κ2) is 7.54. The van der Waals surface area contributed by atoms with E-state index in [1.807, 2.05) is 24.3 Å². The maximum absolute atomic E-state index is 11.4. The number of carbonyl (C=O) groups is 1. The number of piperazine rings is 1. The number of benzene rings is 1. The molecule has 1 fully saturated rings. The molecule has 1 heterocycles. The molecule has 0 bridgehead atoms. The molecule has 1 aromatic rings. The van der Waals surface area contributed by atoms with Crippen molar-refractivity contribution in [1.82, 2.24) is 9.80 Å². The second-order valence-corrected chi connectivity index (χ2v) is 5.57. The Balaban J connectivity index is 1.84. The van der Waals surface area contributed by atoms with Crippen LogP contribution in [-0.2, 0) is 11.3 Å². The van der Waals surface area contributed by atoms with E-state index in [1.165, 1.54) is 12.5 Å². The molecule has 1 atom stereocenters. The molecule has 0 saturated carbocycles. The topological polar surface area (TPSA) is 55.8 Å². The quantitative estimate of drug-likeness (QED) is 0.854. The van der Waals surface area contributed by atoms with E-state index in [4.69, 9.17) is 0 Å². The first-order valence-electron chi connectivity index (χ1n) is 7.61. The number of aliphatic hydroxyl groups excluding tert-OH is 1. The first-order valence-corrected chi connectivity index (χ1v) is 7.61. The van der Waals surface area contributed by atoms with Crippen molar-refractivity contribution < 1.29 is 9.90 Å². The van der Waals surface area contributed by atoms with Gasteiger partial charge in [0.2, 0.25) is 0 Å². The molecule has 1 aliphatic rings. The molecule has 21 heavy (non-hydrogen) atoms. The van der Waals surface area contributed by atoms with Gasteiger partial charge in [0.1, 0.15) is 6.10 Å². The summed E-state index contributed by atoms with van der Waals surface area (Å²) in [7, 11) is 0. The van der Waals surface area contributed by atoms with Gasteiger partial charge in [0.05, 0.1) is 0 Å². The van der Waals surface area contributed by atoms with Crippen molar-refractivity contribution in [3.8, 4) is 0 Å². The number of anilines is 1. The molecule has 1 saturated heterocycles. The number of likely N-dealkylation sites (N-methyl/N-ethyl adjacent to an activating group) is 1. The lowest BCUT2D eigenvalue weighted by Gasteiger charge is -2.34. The number of hydrogen-bond acceptors (Lipinski definition) is 4. The molecule has 1 unspecified atom stereocenters. The van der Waals surface area contributed by atoms with Crippen molar-refractivity contribution in [3.63, 3.8) is 0 Å². The van der Waals surface area contributed by atoms with Gasteiger partial charge in [0, 0.05) is 38.4 Å². The molecule has 0 aliphatic carbocycles. The van der Waals surface area contributed by atoms with E-state index in [0.717, 1.165) is 45.0 Å². The summed E-state index contributed by atoms with van der Waals surface area (Å²) < 4.78 is 0. The highest BCUT2D eigenvalue weighted by Crippen LogP contribution is 2.13. The highest BCUT2D eigenvalue weighted by Gasteiger charge is 2.15.